The maximum atomic E-state index is 10.0. The van der Waals surface area contributed by atoms with Gasteiger partial charge < -0.3 is 19.8 Å². The Kier molecular flexibility index (Phi) is 10.7. The molecule has 35 heavy (non-hydrogen) atoms. The molecule has 0 aliphatic carbocycles. The summed E-state index contributed by atoms with van der Waals surface area (Å²) in [7, 11) is 0. The highest BCUT2D eigenvalue weighted by Crippen LogP contribution is 2.32. The van der Waals surface area contributed by atoms with E-state index in [1.54, 1.807) is 0 Å². The number of hydrogen-bond donors (Lipinski definition) is 2. The zero-order valence-electron chi connectivity index (χ0n) is 21.4. The van der Waals surface area contributed by atoms with Crippen LogP contribution in [0.25, 0.3) is 0 Å². The average Bonchev–Trinajstić information content (AvgIpc) is 2.88. The summed E-state index contributed by atoms with van der Waals surface area (Å²) in [5, 5.41) is 16.9. The number of carboxylic acid groups (broad SMARTS) is 1. The van der Waals surface area contributed by atoms with Crippen LogP contribution in [-0.2, 0) is 22.6 Å². The molecule has 0 amide bonds. The molecule has 7 heteroatoms. The van der Waals surface area contributed by atoms with E-state index in [-0.39, 0.29) is 25.2 Å². The average molecular weight is 484 g/mol. The van der Waals surface area contributed by atoms with Crippen molar-refractivity contribution in [2.24, 2.45) is 0 Å². The number of aliphatic hydroxyl groups excluding tert-OH is 1. The largest absolute Gasteiger partial charge is 0.483 e. The zero-order chi connectivity index (χ0) is 25.2. The Hall–Kier alpha value is -2.29. The van der Waals surface area contributed by atoms with Crippen LogP contribution in [0.4, 0.5) is 0 Å². The number of piperazine rings is 1. The number of rotatable bonds is 7. The maximum Gasteiger partial charge on any atom is 0.290 e. The first kappa shape index (κ1) is 27.3. The fourth-order valence-electron chi connectivity index (χ4n) is 5.26. The van der Waals surface area contributed by atoms with Crippen molar-refractivity contribution in [2.75, 3.05) is 52.5 Å². The second kappa shape index (κ2) is 13.7. The molecule has 192 valence electrons. The van der Waals surface area contributed by atoms with Crippen molar-refractivity contribution in [3.63, 3.8) is 0 Å². The first-order valence-electron chi connectivity index (χ1n) is 12.6. The van der Waals surface area contributed by atoms with Gasteiger partial charge in [0.15, 0.2) is 0 Å². The van der Waals surface area contributed by atoms with E-state index in [1.807, 2.05) is 6.07 Å². The molecule has 2 N–H and O–H groups in total. The van der Waals surface area contributed by atoms with Crippen LogP contribution >= 0.6 is 0 Å². The third-order valence-electron chi connectivity index (χ3n) is 7.22. The quantitative estimate of drug-likeness (QED) is 0.586. The Labute approximate surface area is 209 Å². The lowest BCUT2D eigenvalue weighted by molar-refractivity contribution is -0.122. The molecule has 2 aliphatic heterocycles. The van der Waals surface area contributed by atoms with Gasteiger partial charge in [0.1, 0.15) is 6.10 Å². The summed E-state index contributed by atoms with van der Waals surface area (Å²) < 4.78 is 5.96. The van der Waals surface area contributed by atoms with Crippen molar-refractivity contribution in [1.82, 2.24) is 14.7 Å². The number of aliphatic hydroxyl groups is 1. The SMILES string of the molecule is CCN1CCN(Cc2cc(C)cc(CN3CCO[C@H](CO)[C@H]3c3ccccc3)c2C)CC1.O=CO. The molecule has 2 atom stereocenters. The lowest BCUT2D eigenvalue weighted by Gasteiger charge is -2.41. The van der Waals surface area contributed by atoms with Crippen molar-refractivity contribution < 1.29 is 19.7 Å². The molecular weight excluding hydrogens is 442 g/mol. The number of morpholine rings is 1. The number of likely N-dealkylation sites (N-methyl/N-ethyl adjacent to an activating group) is 1. The third-order valence-corrected chi connectivity index (χ3v) is 7.22. The van der Waals surface area contributed by atoms with Crippen LogP contribution in [0.2, 0.25) is 0 Å². The van der Waals surface area contributed by atoms with Crippen LogP contribution in [-0.4, -0.2) is 90.0 Å². The monoisotopic (exact) mass is 483 g/mol. The van der Waals surface area contributed by atoms with Crippen molar-refractivity contribution >= 4 is 6.47 Å². The topological polar surface area (TPSA) is 76.5 Å². The standard InChI is InChI=1S/C27H39N3O2.CH2O2/c1-4-28-10-12-29(13-11-28)18-24-16-21(2)17-25(22(24)3)19-30-14-15-32-26(20-31)27(30)23-8-6-5-7-9-23;2-1-3/h5-9,16-17,26-27,31H,4,10-15,18-20H2,1-3H3;1H,(H,2,3)/t26-,27-;/m1./s1. The van der Waals surface area contributed by atoms with Gasteiger partial charge in [0.25, 0.3) is 6.47 Å². The van der Waals surface area contributed by atoms with E-state index in [1.165, 1.54) is 40.9 Å². The first-order valence-corrected chi connectivity index (χ1v) is 12.6. The van der Waals surface area contributed by atoms with Crippen LogP contribution in [0.15, 0.2) is 42.5 Å². The minimum Gasteiger partial charge on any atom is -0.483 e. The smallest absolute Gasteiger partial charge is 0.290 e. The van der Waals surface area contributed by atoms with Gasteiger partial charge in [-0.05, 0) is 42.6 Å². The number of ether oxygens (including phenoxy) is 1. The van der Waals surface area contributed by atoms with E-state index in [2.05, 4.69) is 71.9 Å². The summed E-state index contributed by atoms with van der Waals surface area (Å²) in [5.74, 6) is 0. The number of nitrogens with zero attached hydrogens (tertiary/aromatic N) is 3. The van der Waals surface area contributed by atoms with E-state index >= 15 is 0 Å². The first-order chi connectivity index (χ1) is 17.0. The molecule has 2 aromatic carbocycles. The number of hydrogen-bond acceptors (Lipinski definition) is 6. The summed E-state index contributed by atoms with van der Waals surface area (Å²) >= 11 is 0. The van der Waals surface area contributed by atoms with Crippen molar-refractivity contribution in [2.45, 2.75) is 46.0 Å². The van der Waals surface area contributed by atoms with Gasteiger partial charge in [-0.1, -0.05) is 55.0 Å². The predicted molar refractivity (Wildman–Crippen MR) is 138 cm³/mol. The van der Waals surface area contributed by atoms with E-state index in [0.29, 0.717) is 6.61 Å². The van der Waals surface area contributed by atoms with Crippen molar-refractivity contribution in [3.05, 3.63) is 70.3 Å². The molecule has 4 rings (SSSR count). The molecule has 2 aromatic rings. The van der Waals surface area contributed by atoms with Gasteiger partial charge in [0, 0.05) is 45.8 Å². The summed E-state index contributed by atoms with van der Waals surface area (Å²) in [6.45, 7) is 15.8. The van der Waals surface area contributed by atoms with Gasteiger partial charge in [0.05, 0.1) is 19.3 Å². The Balaban J connectivity index is 0.00000108. The van der Waals surface area contributed by atoms with Gasteiger partial charge >= 0.3 is 0 Å². The van der Waals surface area contributed by atoms with E-state index in [4.69, 9.17) is 14.6 Å². The minimum atomic E-state index is -0.250. The Morgan fingerprint density at radius 1 is 0.971 bits per heavy atom. The molecule has 0 unspecified atom stereocenters. The van der Waals surface area contributed by atoms with E-state index in [0.717, 1.165) is 39.3 Å². The Bertz CT molecular complexity index is 916. The molecule has 7 nitrogen and oxygen atoms in total. The second-order valence-corrected chi connectivity index (χ2v) is 9.44. The van der Waals surface area contributed by atoms with Crippen LogP contribution in [0.3, 0.4) is 0 Å². The van der Waals surface area contributed by atoms with Gasteiger partial charge in [-0.25, -0.2) is 0 Å². The maximum absolute atomic E-state index is 10.0. The van der Waals surface area contributed by atoms with Gasteiger partial charge in [-0.3, -0.25) is 14.6 Å². The van der Waals surface area contributed by atoms with Gasteiger partial charge in [-0.2, -0.15) is 0 Å². The minimum absolute atomic E-state index is 0.0395. The molecule has 0 bridgehead atoms. The predicted octanol–water partition coefficient (Wildman–Crippen LogP) is 3.08. The Morgan fingerprint density at radius 3 is 2.17 bits per heavy atom. The van der Waals surface area contributed by atoms with Crippen LogP contribution in [0, 0.1) is 13.8 Å². The lowest BCUT2D eigenvalue weighted by Crippen LogP contribution is -2.46. The molecule has 0 radical (unpaired) electrons. The van der Waals surface area contributed by atoms with Crippen molar-refractivity contribution in [3.8, 4) is 0 Å². The van der Waals surface area contributed by atoms with Crippen LogP contribution in [0.5, 0.6) is 0 Å². The van der Waals surface area contributed by atoms with Crippen molar-refractivity contribution in [1.29, 1.82) is 0 Å². The fraction of sp³-hybridized carbons (Fsp3) is 0.536. The Morgan fingerprint density at radius 2 is 1.57 bits per heavy atom. The van der Waals surface area contributed by atoms with Crippen LogP contribution < -0.4 is 0 Å². The highest BCUT2D eigenvalue weighted by Gasteiger charge is 2.33. The summed E-state index contributed by atoms with van der Waals surface area (Å²) in [6, 6.07) is 15.3. The molecule has 2 saturated heterocycles. The summed E-state index contributed by atoms with van der Waals surface area (Å²) in [5.41, 5.74) is 6.80. The highest BCUT2D eigenvalue weighted by molar-refractivity contribution is 5.38. The highest BCUT2D eigenvalue weighted by atomic mass is 16.5. The number of carbonyl (C=O) groups is 1. The van der Waals surface area contributed by atoms with Gasteiger partial charge in [0.2, 0.25) is 0 Å². The molecule has 0 saturated carbocycles. The normalized spacial score (nSPS) is 21.8. The molecule has 2 fully saturated rings. The van der Waals surface area contributed by atoms with E-state index < -0.39 is 0 Å². The molecule has 2 heterocycles. The number of benzene rings is 2. The molecule has 0 aromatic heterocycles. The summed E-state index contributed by atoms with van der Waals surface area (Å²) in [6.07, 6.45) is -0.189. The third kappa shape index (κ3) is 7.35. The molecule has 2 aliphatic rings. The van der Waals surface area contributed by atoms with Gasteiger partial charge in [-0.15, -0.1) is 0 Å². The second-order valence-electron chi connectivity index (χ2n) is 9.44. The fourth-order valence-corrected chi connectivity index (χ4v) is 5.26. The lowest BCUT2D eigenvalue weighted by atomic mass is 9.94. The zero-order valence-corrected chi connectivity index (χ0v) is 21.4. The number of aryl methyl sites for hydroxylation is 1. The molecule has 0 spiro atoms. The van der Waals surface area contributed by atoms with Crippen LogP contribution in [0.1, 0.15) is 40.8 Å². The molecular formula is C28H41N3O4. The van der Waals surface area contributed by atoms with E-state index in [9.17, 15) is 5.11 Å². The summed E-state index contributed by atoms with van der Waals surface area (Å²) in [4.78, 5) is 16.0.